The van der Waals surface area contributed by atoms with E-state index in [2.05, 4.69) is 19.9 Å². The molecular formula is C15H27NO. The van der Waals surface area contributed by atoms with E-state index < -0.39 is 0 Å². The molecule has 0 amide bonds. The highest BCUT2D eigenvalue weighted by atomic mass is 16.5. The van der Waals surface area contributed by atoms with E-state index >= 15 is 0 Å². The van der Waals surface area contributed by atoms with E-state index in [0.29, 0.717) is 11.5 Å². The second kappa shape index (κ2) is 5.87. The third-order valence-electron chi connectivity index (χ3n) is 3.89. The Balaban J connectivity index is 2.11. The Morgan fingerprint density at radius 3 is 2.41 bits per heavy atom. The molecule has 1 rings (SSSR count). The van der Waals surface area contributed by atoms with Gasteiger partial charge in [0, 0.05) is 6.61 Å². The van der Waals surface area contributed by atoms with Crippen molar-refractivity contribution in [3.05, 3.63) is 0 Å². The SMILES string of the molecule is CC(C)(C#N)CCCOC1CCC(C)(C)CC1. The topological polar surface area (TPSA) is 33.0 Å². The molecule has 98 valence electrons. The molecule has 0 aromatic carbocycles. The molecule has 0 aromatic heterocycles. The van der Waals surface area contributed by atoms with Gasteiger partial charge in [-0.3, -0.25) is 0 Å². The number of hydrogen-bond acceptors (Lipinski definition) is 2. The molecule has 0 radical (unpaired) electrons. The zero-order valence-electron chi connectivity index (χ0n) is 11.9. The maximum Gasteiger partial charge on any atom is 0.0683 e. The van der Waals surface area contributed by atoms with Gasteiger partial charge in [-0.1, -0.05) is 13.8 Å². The summed E-state index contributed by atoms with van der Waals surface area (Å²) in [6, 6.07) is 2.33. The molecule has 2 heteroatoms. The first-order valence-corrected chi connectivity index (χ1v) is 6.88. The highest BCUT2D eigenvalue weighted by molar-refractivity contribution is 4.91. The van der Waals surface area contributed by atoms with Gasteiger partial charge in [0.05, 0.1) is 17.6 Å². The summed E-state index contributed by atoms with van der Waals surface area (Å²) < 4.78 is 5.91. The van der Waals surface area contributed by atoms with Crippen LogP contribution in [-0.2, 0) is 4.74 Å². The lowest BCUT2D eigenvalue weighted by atomic mass is 9.76. The van der Waals surface area contributed by atoms with E-state index in [1.54, 1.807) is 0 Å². The summed E-state index contributed by atoms with van der Waals surface area (Å²) in [5.41, 5.74) is 0.320. The molecular weight excluding hydrogens is 210 g/mol. The Morgan fingerprint density at radius 1 is 1.29 bits per heavy atom. The monoisotopic (exact) mass is 237 g/mol. The minimum atomic E-state index is -0.197. The molecule has 0 bridgehead atoms. The summed E-state index contributed by atoms with van der Waals surface area (Å²) in [4.78, 5) is 0. The quantitative estimate of drug-likeness (QED) is 0.668. The molecule has 1 aliphatic carbocycles. The van der Waals surface area contributed by atoms with Crippen LogP contribution in [0.5, 0.6) is 0 Å². The first-order valence-electron chi connectivity index (χ1n) is 6.88. The molecule has 0 aliphatic heterocycles. The standard InChI is InChI=1S/C15H27NO/c1-14(2)9-6-13(7-10-14)17-11-5-8-15(3,4)12-16/h13H,5-11H2,1-4H3. The van der Waals surface area contributed by atoms with E-state index in [9.17, 15) is 0 Å². The van der Waals surface area contributed by atoms with E-state index in [1.165, 1.54) is 25.7 Å². The second-order valence-corrected chi connectivity index (χ2v) is 6.83. The molecule has 0 unspecified atom stereocenters. The number of nitriles is 1. The lowest BCUT2D eigenvalue weighted by molar-refractivity contribution is 0.00123. The van der Waals surface area contributed by atoms with Gasteiger partial charge in [-0.25, -0.2) is 0 Å². The van der Waals surface area contributed by atoms with Crippen LogP contribution in [0.4, 0.5) is 0 Å². The molecule has 0 atom stereocenters. The maximum atomic E-state index is 8.91. The normalized spacial score (nSPS) is 21.1. The van der Waals surface area contributed by atoms with Crippen LogP contribution in [0.1, 0.15) is 66.2 Å². The summed E-state index contributed by atoms with van der Waals surface area (Å²) >= 11 is 0. The number of hydrogen-bond donors (Lipinski definition) is 0. The molecule has 1 aliphatic rings. The van der Waals surface area contributed by atoms with Gasteiger partial charge in [0.1, 0.15) is 0 Å². The summed E-state index contributed by atoms with van der Waals surface area (Å²) in [6.07, 6.45) is 7.36. The predicted octanol–water partition coefficient (Wildman–Crippen LogP) is 4.30. The smallest absolute Gasteiger partial charge is 0.0683 e. The molecule has 17 heavy (non-hydrogen) atoms. The van der Waals surface area contributed by atoms with Crippen molar-refractivity contribution in [1.29, 1.82) is 5.26 Å². The third kappa shape index (κ3) is 5.55. The Hall–Kier alpha value is -0.550. The van der Waals surface area contributed by atoms with Crippen molar-refractivity contribution in [2.45, 2.75) is 72.3 Å². The Kier molecular flexibility index (Phi) is 5.01. The highest BCUT2D eigenvalue weighted by Gasteiger charge is 2.27. The van der Waals surface area contributed by atoms with Crippen LogP contribution in [0.2, 0.25) is 0 Å². The van der Waals surface area contributed by atoms with Crippen molar-refractivity contribution in [2.24, 2.45) is 10.8 Å². The zero-order chi connectivity index (χ0) is 12.9. The first-order chi connectivity index (χ1) is 7.85. The minimum Gasteiger partial charge on any atom is -0.378 e. The molecule has 0 heterocycles. The van der Waals surface area contributed by atoms with Crippen molar-refractivity contribution < 1.29 is 4.74 Å². The van der Waals surface area contributed by atoms with Gasteiger partial charge in [-0.05, 0) is 57.8 Å². The van der Waals surface area contributed by atoms with E-state index in [4.69, 9.17) is 10.00 Å². The average Bonchev–Trinajstić information content (AvgIpc) is 2.26. The molecule has 1 fully saturated rings. The summed E-state index contributed by atoms with van der Waals surface area (Å²) in [5.74, 6) is 0. The lowest BCUT2D eigenvalue weighted by Gasteiger charge is -2.34. The Bertz CT molecular complexity index is 265. The van der Waals surface area contributed by atoms with Gasteiger partial charge < -0.3 is 4.74 Å². The van der Waals surface area contributed by atoms with Crippen LogP contribution in [0.3, 0.4) is 0 Å². The molecule has 0 N–H and O–H groups in total. The molecule has 0 aromatic rings. The van der Waals surface area contributed by atoms with E-state index in [0.717, 1.165) is 19.4 Å². The zero-order valence-corrected chi connectivity index (χ0v) is 11.9. The van der Waals surface area contributed by atoms with Crippen LogP contribution in [0.25, 0.3) is 0 Å². The molecule has 0 spiro atoms. The lowest BCUT2D eigenvalue weighted by Crippen LogP contribution is -2.26. The van der Waals surface area contributed by atoms with Gasteiger partial charge in [-0.15, -0.1) is 0 Å². The molecule has 0 saturated heterocycles. The Morgan fingerprint density at radius 2 is 1.88 bits per heavy atom. The first kappa shape index (κ1) is 14.5. The summed E-state index contributed by atoms with van der Waals surface area (Å²) in [6.45, 7) is 9.50. The van der Waals surface area contributed by atoms with E-state index in [-0.39, 0.29) is 5.41 Å². The third-order valence-corrected chi connectivity index (χ3v) is 3.89. The van der Waals surface area contributed by atoms with Crippen LogP contribution >= 0.6 is 0 Å². The van der Waals surface area contributed by atoms with Crippen molar-refractivity contribution in [1.82, 2.24) is 0 Å². The number of rotatable bonds is 5. The van der Waals surface area contributed by atoms with Gasteiger partial charge in [0.25, 0.3) is 0 Å². The summed E-state index contributed by atoms with van der Waals surface area (Å²) in [5, 5.41) is 8.91. The Labute approximate surface area is 106 Å². The molecule has 2 nitrogen and oxygen atoms in total. The van der Waals surface area contributed by atoms with Crippen molar-refractivity contribution >= 4 is 0 Å². The maximum absolute atomic E-state index is 8.91. The fourth-order valence-electron chi connectivity index (χ4n) is 2.36. The van der Waals surface area contributed by atoms with Gasteiger partial charge in [0.15, 0.2) is 0 Å². The van der Waals surface area contributed by atoms with E-state index in [1.807, 2.05) is 13.8 Å². The fourth-order valence-corrected chi connectivity index (χ4v) is 2.36. The van der Waals surface area contributed by atoms with Crippen molar-refractivity contribution in [3.63, 3.8) is 0 Å². The van der Waals surface area contributed by atoms with Gasteiger partial charge in [-0.2, -0.15) is 5.26 Å². The average molecular weight is 237 g/mol. The largest absolute Gasteiger partial charge is 0.378 e. The van der Waals surface area contributed by atoms with Gasteiger partial charge in [0.2, 0.25) is 0 Å². The number of ether oxygens (including phenoxy) is 1. The molecule has 1 saturated carbocycles. The second-order valence-electron chi connectivity index (χ2n) is 6.83. The van der Waals surface area contributed by atoms with Crippen molar-refractivity contribution in [2.75, 3.05) is 6.61 Å². The van der Waals surface area contributed by atoms with Crippen molar-refractivity contribution in [3.8, 4) is 6.07 Å². The fraction of sp³-hybridized carbons (Fsp3) is 0.933. The summed E-state index contributed by atoms with van der Waals surface area (Å²) in [7, 11) is 0. The van der Waals surface area contributed by atoms with Crippen LogP contribution < -0.4 is 0 Å². The van der Waals surface area contributed by atoms with Crippen LogP contribution in [0, 0.1) is 22.2 Å². The predicted molar refractivity (Wildman–Crippen MR) is 70.6 cm³/mol. The van der Waals surface area contributed by atoms with Crippen LogP contribution in [0.15, 0.2) is 0 Å². The van der Waals surface area contributed by atoms with Crippen LogP contribution in [-0.4, -0.2) is 12.7 Å². The minimum absolute atomic E-state index is 0.197. The number of nitrogens with zero attached hydrogens (tertiary/aromatic N) is 1. The highest BCUT2D eigenvalue weighted by Crippen LogP contribution is 2.36. The van der Waals surface area contributed by atoms with Gasteiger partial charge >= 0.3 is 0 Å².